The zero-order valence-corrected chi connectivity index (χ0v) is 47.6. The van der Waals surface area contributed by atoms with Gasteiger partial charge in [-0.05, 0) is 134 Å². The van der Waals surface area contributed by atoms with Gasteiger partial charge in [-0.3, -0.25) is 0 Å². The zero-order chi connectivity index (χ0) is 50.5. The molecule has 0 N–H and O–H groups in total. The Morgan fingerprint density at radius 3 is 0.932 bits per heavy atom. The van der Waals surface area contributed by atoms with Gasteiger partial charge in [-0.15, -0.1) is 22.1 Å². The van der Waals surface area contributed by atoms with Crippen LogP contribution in [0.25, 0.3) is 112 Å². The predicted octanol–water partition coefficient (Wildman–Crippen LogP) is 18.1. The number of aromatic nitrogens is 4. The van der Waals surface area contributed by atoms with E-state index in [0.29, 0.717) is 0 Å². The van der Waals surface area contributed by atoms with Gasteiger partial charge in [0.25, 0.3) is 0 Å². The first kappa shape index (κ1) is 49.6. The first-order valence-corrected chi connectivity index (χ1v) is 25.5. The van der Waals surface area contributed by atoms with Crippen LogP contribution in [0.1, 0.15) is 128 Å². The molecule has 0 unspecified atom stereocenters. The number of rotatable bonds is 4. The molecule has 0 spiro atoms. The van der Waals surface area contributed by atoms with Gasteiger partial charge in [0.1, 0.15) is 0 Å². The fourth-order valence-electron chi connectivity index (χ4n) is 10.4. The molecule has 11 rings (SSSR count). The molecule has 3 aromatic heterocycles. The molecular weight excluding hydrogens is 938 g/mol. The van der Waals surface area contributed by atoms with Crippen LogP contribution in [0.15, 0.2) is 146 Å². The van der Waals surface area contributed by atoms with Crippen LogP contribution in [0.2, 0.25) is 0 Å². The third-order valence-electron chi connectivity index (χ3n) is 14.6. The maximum atomic E-state index is 5.72. The molecule has 0 saturated heterocycles. The molecule has 0 fully saturated rings. The van der Waals surface area contributed by atoms with Crippen molar-refractivity contribution >= 4 is 67.9 Å². The minimum Gasteiger partial charge on any atom is -0.657 e. The summed E-state index contributed by atoms with van der Waals surface area (Å²) >= 11 is 0. The van der Waals surface area contributed by atoms with E-state index in [1.54, 1.807) is 0 Å². The van der Waals surface area contributed by atoms with Gasteiger partial charge in [-0.2, -0.15) is 0 Å². The first-order valence-electron chi connectivity index (χ1n) is 25.5. The second-order valence-corrected chi connectivity index (χ2v) is 24.0. The molecule has 2 aliphatic rings. The van der Waals surface area contributed by atoms with Crippen molar-refractivity contribution in [2.24, 2.45) is 0 Å². The molecule has 0 atom stereocenters. The third-order valence-corrected chi connectivity index (χ3v) is 14.6. The van der Waals surface area contributed by atoms with Crippen LogP contribution in [0.5, 0.6) is 0 Å². The van der Waals surface area contributed by atoms with Gasteiger partial charge in [-0.25, -0.2) is 9.97 Å². The molecular formula is C68H64N4Zn. The monoisotopic (exact) mass is 1000 g/mol. The maximum Gasteiger partial charge on any atom is 2.00 e. The molecule has 73 heavy (non-hydrogen) atoms. The van der Waals surface area contributed by atoms with Crippen molar-refractivity contribution in [3.63, 3.8) is 0 Å². The van der Waals surface area contributed by atoms with E-state index >= 15 is 0 Å². The number of fused-ring (bicyclic) bond motifs is 10. The van der Waals surface area contributed by atoms with Crippen molar-refractivity contribution in [1.29, 1.82) is 0 Å². The summed E-state index contributed by atoms with van der Waals surface area (Å²) in [7, 11) is 0. The molecule has 358 valence electrons. The summed E-state index contributed by atoms with van der Waals surface area (Å²) in [4.78, 5) is 22.9. The van der Waals surface area contributed by atoms with Gasteiger partial charge in [0.05, 0.1) is 22.8 Å². The standard InChI is InChI=1S/C68H64N4.Zn/c1-65(2,3)45-35-43(36-46(39-45)66(4,5)6)61-53-27-31-57(69-53)63(51-25-17-21-41-19-13-15-23-49(41)51)59-33-29-55(71-59)62(44-37-47(67(7,8)9)40-48(38-44)68(10,11)12)56-30-34-60(72-56)64(58-32-28-54(61)70-58)52-26-18-22-42-20-14-16-24-50(42)52;/h13-40H,1-12H3;/q-2;+2. The Morgan fingerprint density at radius 1 is 0.315 bits per heavy atom. The van der Waals surface area contributed by atoms with Crippen molar-refractivity contribution in [2.75, 3.05) is 0 Å². The SMILES string of the molecule is CC(C)(C)c1cc(-c2c3nc(c(-c4cccc5ccccc45)c4ccc([n-]4)c(-c4cc(C(C)(C)C)cc(C(C)(C)C)c4)c4nc(c(-c5cccc6ccccc56)c5ccc2[n-]5)C=C4)C=C3)cc(C(C)(C)C)c1.[Zn+2]. The average molecular weight is 1000 g/mol. The fraction of sp³-hybridized carbons (Fsp3) is 0.235. The average Bonchev–Trinajstić information content (AvgIpc) is 4.19. The van der Waals surface area contributed by atoms with E-state index < -0.39 is 0 Å². The van der Waals surface area contributed by atoms with E-state index in [1.807, 2.05) is 0 Å². The summed E-state index contributed by atoms with van der Waals surface area (Å²) in [5, 5.41) is 4.62. The van der Waals surface area contributed by atoms with Crippen LogP contribution in [0.3, 0.4) is 0 Å². The van der Waals surface area contributed by atoms with Crippen LogP contribution in [-0.2, 0) is 41.1 Å². The van der Waals surface area contributed by atoms with Gasteiger partial charge >= 0.3 is 19.5 Å². The summed E-state index contributed by atoms with van der Waals surface area (Å²) in [6.07, 6.45) is 8.75. The van der Waals surface area contributed by atoms with Crippen molar-refractivity contribution < 1.29 is 19.5 Å². The molecule has 4 nitrogen and oxygen atoms in total. The molecule has 5 heteroatoms. The summed E-state index contributed by atoms with van der Waals surface area (Å²) in [5.74, 6) is 0. The zero-order valence-electron chi connectivity index (χ0n) is 44.7. The largest absolute Gasteiger partial charge is 2.00 e. The Morgan fingerprint density at radius 2 is 0.603 bits per heavy atom. The van der Waals surface area contributed by atoms with E-state index in [4.69, 9.17) is 19.9 Å². The van der Waals surface area contributed by atoms with E-state index in [2.05, 4.69) is 253 Å². The number of hydrogen-bond acceptors (Lipinski definition) is 2. The van der Waals surface area contributed by atoms with Crippen LogP contribution in [0, 0.1) is 0 Å². The smallest absolute Gasteiger partial charge is 0.657 e. The van der Waals surface area contributed by atoms with Gasteiger partial charge in [-0.1, -0.05) is 229 Å². The van der Waals surface area contributed by atoms with Gasteiger partial charge < -0.3 is 9.97 Å². The summed E-state index contributed by atoms with van der Waals surface area (Å²) in [5.41, 5.74) is 19.8. The molecule has 6 aromatic carbocycles. The van der Waals surface area contributed by atoms with Crippen LogP contribution < -0.4 is 9.97 Å². The molecule has 0 aliphatic carbocycles. The van der Waals surface area contributed by atoms with Crippen LogP contribution in [0.4, 0.5) is 0 Å². The van der Waals surface area contributed by atoms with Crippen LogP contribution in [-0.4, -0.2) is 9.97 Å². The normalized spacial score (nSPS) is 13.0. The molecule has 2 aliphatic heterocycles. The fourth-order valence-corrected chi connectivity index (χ4v) is 10.4. The Bertz CT molecular complexity index is 3570. The van der Waals surface area contributed by atoms with E-state index in [0.717, 1.165) is 111 Å². The molecule has 0 radical (unpaired) electrons. The van der Waals surface area contributed by atoms with E-state index in [9.17, 15) is 0 Å². The second kappa shape index (κ2) is 18.2. The topological polar surface area (TPSA) is 54.0 Å². The van der Waals surface area contributed by atoms with Crippen molar-refractivity contribution in [2.45, 2.75) is 105 Å². The molecule has 0 amide bonds. The number of nitrogens with zero attached hydrogens (tertiary/aromatic N) is 4. The van der Waals surface area contributed by atoms with Crippen molar-refractivity contribution in [3.8, 4) is 44.5 Å². The molecule has 5 heterocycles. The number of hydrogen-bond donors (Lipinski definition) is 0. The number of benzene rings is 6. The molecule has 0 saturated carbocycles. The Kier molecular flexibility index (Phi) is 12.4. The van der Waals surface area contributed by atoms with E-state index in [-0.39, 0.29) is 41.1 Å². The Balaban J connectivity index is 0.00000611. The molecule has 9 aromatic rings. The Hall–Kier alpha value is -6.94. The van der Waals surface area contributed by atoms with Crippen molar-refractivity contribution in [1.82, 2.24) is 19.9 Å². The summed E-state index contributed by atoms with van der Waals surface area (Å²) in [6, 6.07) is 53.4. The predicted molar refractivity (Wildman–Crippen MR) is 308 cm³/mol. The Labute approximate surface area is 444 Å². The summed E-state index contributed by atoms with van der Waals surface area (Å²) < 4.78 is 0. The minimum atomic E-state index is -0.102. The quantitative estimate of drug-likeness (QED) is 0.165. The van der Waals surface area contributed by atoms with Crippen molar-refractivity contribution in [3.05, 3.63) is 191 Å². The molecule has 8 bridgehead atoms. The third kappa shape index (κ3) is 9.27. The maximum absolute atomic E-state index is 5.72. The summed E-state index contributed by atoms with van der Waals surface area (Å²) in [6.45, 7) is 27.6. The first-order chi connectivity index (χ1) is 34.2. The van der Waals surface area contributed by atoms with Gasteiger partial charge in [0.2, 0.25) is 0 Å². The van der Waals surface area contributed by atoms with Gasteiger partial charge in [0, 0.05) is 0 Å². The second-order valence-electron chi connectivity index (χ2n) is 24.0. The van der Waals surface area contributed by atoms with Gasteiger partial charge in [0.15, 0.2) is 0 Å². The van der Waals surface area contributed by atoms with E-state index in [1.165, 1.54) is 22.3 Å². The van der Waals surface area contributed by atoms with Crippen LogP contribution >= 0.6 is 0 Å². The minimum absolute atomic E-state index is 0.